The molecular formula is CH2Fe2O7P2. The SMILES string of the molecule is O=P([O-])([O-])C(O)P(=O)([O-])[O-].[Fe+2].[Fe+2]. The summed E-state index contributed by atoms with van der Waals surface area (Å²) in [5, 5.41) is 7.95. The second kappa shape index (κ2) is 5.91. The minimum Gasteiger partial charge on any atom is -0.809 e. The molecule has 0 radical (unpaired) electrons. The predicted octanol–water partition coefficient (Wildman–Crippen LogP) is -3.92. The van der Waals surface area contributed by atoms with Crippen molar-refractivity contribution in [2.45, 2.75) is 5.59 Å². The molecule has 0 rings (SSSR count). The summed E-state index contributed by atoms with van der Waals surface area (Å²) in [5.74, 6) is 0. The Bertz CT molecular complexity index is 181. The van der Waals surface area contributed by atoms with Crippen LogP contribution in [0.1, 0.15) is 0 Å². The van der Waals surface area contributed by atoms with Gasteiger partial charge in [-0.15, -0.1) is 0 Å². The van der Waals surface area contributed by atoms with E-state index in [1.54, 1.807) is 0 Å². The average molecular weight is 300 g/mol. The van der Waals surface area contributed by atoms with Crippen LogP contribution < -0.4 is 19.6 Å². The van der Waals surface area contributed by atoms with Crippen LogP contribution in [0.4, 0.5) is 0 Å². The number of hydrogen-bond acceptors (Lipinski definition) is 7. The monoisotopic (exact) mass is 300 g/mol. The van der Waals surface area contributed by atoms with Gasteiger partial charge in [-0.05, 0) is 15.2 Å². The Balaban J connectivity index is -0.000000405. The van der Waals surface area contributed by atoms with Gasteiger partial charge < -0.3 is 33.8 Å². The van der Waals surface area contributed by atoms with Gasteiger partial charge in [0.1, 0.15) is 5.59 Å². The van der Waals surface area contributed by atoms with Gasteiger partial charge >= 0.3 is 34.1 Å². The van der Waals surface area contributed by atoms with Crippen molar-refractivity contribution in [1.82, 2.24) is 0 Å². The molecule has 0 aromatic heterocycles. The molecule has 0 aromatic rings. The van der Waals surface area contributed by atoms with E-state index in [4.69, 9.17) is 5.11 Å². The summed E-state index contributed by atoms with van der Waals surface area (Å²) in [6.45, 7) is 0. The molecule has 0 saturated heterocycles. The van der Waals surface area contributed by atoms with E-state index in [1.807, 2.05) is 0 Å². The van der Waals surface area contributed by atoms with Gasteiger partial charge in [-0.25, -0.2) is 0 Å². The Hall–Kier alpha value is 1.30. The van der Waals surface area contributed by atoms with E-state index >= 15 is 0 Å². The molecule has 0 unspecified atom stereocenters. The predicted molar refractivity (Wildman–Crippen MR) is 21.2 cm³/mol. The van der Waals surface area contributed by atoms with E-state index in [2.05, 4.69) is 0 Å². The molecule has 0 aliphatic carbocycles. The maximum atomic E-state index is 9.63. The molecule has 0 heterocycles. The van der Waals surface area contributed by atoms with Crippen LogP contribution in [0.2, 0.25) is 0 Å². The first kappa shape index (κ1) is 19.0. The molecule has 0 aliphatic rings. The molecule has 11 heteroatoms. The smallest absolute Gasteiger partial charge is 0.809 e. The van der Waals surface area contributed by atoms with Crippen molar-refractivity contribution in [3.05, 3.63) is 0 Å². The third-order valence-electron chi connectivity index (χ3n) is 0.566. The average Bonchev–Trinajstić information content (AvgIpc) is 1.59. The minimum absolute atomic E-state index is 0. The molecule has 1 N–H and O–H groups in total. The zero-order valence-electron chi connectivity index (χ0n) is 5.08. The molecule has 0 spiro atoms. The van der Waals surface area contributed by atoms with Crippen molar-refractivity contribution < 1.29 is 67.9 Å². The third-order valence-corrected chi connectivity index (χ3v) is 3.39. The maximum absolute atomic E-state index is 9.63. The van der Waals surface area contributed by atoms with E-state index in [-0.39, 0.29) is 34.1 Å². The van der Waals surface area contributed by atoms with E-state index in [0.717, 1.165) is 0 Å². The summed E-state index contributed by atoms with van der Waals surface area (Å²) in [6, 6.07) is 0. The van der Waals surface area contributed by atoms with Crippen LogP contribution in [-0.2, 0) is 43.3 Å². The van der Waals surface area contributed by atoms with Crippen molar-refractivity contribution in [2.24, 2.45) is 0 Å². The molecule has 74 valence electrons. The van der Waals surface area contributed by atoms with Gasteiger partial charge in [-0.2, -0.15) is 0 Å². The summed E-state index contributed by atoms with van der Waals surface area (Å²) < 4.78 is 19.3. The van der Waals surface area contributed by atoms with Gasteiger partial charge in [-0.1, -0.05) is 0 Å². The summed E-state index contributed by atoms with van der Waals surface area (Å²) >= 11 is 0. The van der Waals surface area contributed by atoms with E-state index in [0.29, 0.717) is 0 Å². The zero-order chi connectivity index (χ0) is 8.58. The van der Waals surface area contributed by atoms with Crippen molar-refractivity contribution >= 4 is 15.2 Å². The number of hydrogen-bond donors (Lipinski definition) is 1. The summed E-state index contributed by atoms with van der Waals surface area (Å²) in [4.78, 5) is 38.5. The summed E-state index contributed by atoms with van der Waals surface area (Å²) in [5.41, 5.74) is -3.35. The maximum Gasteiger partial charge on any atom is 2.00 e. The number of rotatable bonds is 2. The Morgan fingerprint density at radius 3 is 1.08 bits per heavy atom. The molecular weight excluding hydrogens is 298 g/mol. The fourth-order valence-corrected chi connectivity index (χ4v) is 1.56. The first-order valence-electron chi connectivity index (χ1n) is 1.87. The molecule has 7 nitrogen and oxygen atoms in total. The molecule has 0 atom stereocenters. The largest absolute Gasteiger partial charge is 2.00 e. The van der Waals surface area contributed by atoms with Crippen LogP contribution in [0.25, 0.3) is 0 Å². The Morgan fingerprint density at radius 1 is 0.917 bits per heavy atom. The van der Waals surface area contributed by atoms with Gasteiger partial charge in [0.15, 0.2) is 0 Å². The summed E-state index contributed by atoms with van der Waals surface area (Å²) in [7, 11) is -11.4. The number of aliphatic hydroxyl groups excluding tert-OH is 1. The quantitative estimate of drug-likeness (QED) is 0.404. The Kier molecular flexibility index (Phi) is 9.34. The van der Waals surface area contributed by atoms with Crippen LogP contribution in [0.15, 0.2) is 0 Å². The van der Waals surface area contributed by atoms with Crippen LogP contribution in [0, 0.1) is 0 Å². The standard InChI is InChI=1S/CH6O7P2.2Fe/c2-1(9(3,4)5)10(6,7)8;;/h1-2H,(H2,3,4,5)(H2,6,7,8);;/q;2*+2/p-4. The summed E-state index contributed by atoms with van der Waals surface area (Å²) in [6.07, 6.45) is 0. The molecule has 12 heavy (non-hydrogen) atoms. The minimum atomic E-state index is -5.71. The topological polar surface area (TPSA) is 147 Å². The Labute approximate surface area is 88.8 Å². The zero-order valence-corrected chi connectivity index (χ0v) is 9.07. The van der Waals surface area contributed by atoms with Crippen molar-refractivity contribution in [3.8, 4) is 0 Å². The third kappa shape index (κ3) is 6.78. The van der Waals surface area contributed by atoms with E-state index < -0.39 is 20.8 Å². The second-order valence-corrected chi connectivity index (χ2v) is 4.97. The van der Waals surface area contributed by atoms with Crippen molar-refractivity contribution in [2.75, 3.05) is 0 Å². The molecule has 0 bridgehead atoms. The fraction of sp³-hybridized carbons (Fsp3) is 1.00. The molecule has 0 amide bonds. The molecule has 0 saturated carbocycles. The molecule has 0 fully saturated rings. The van der Waals surface area contributed by atoms with Crippen molar-refractivity contribution in [1.29, 1.82) is 0 Å². The van der Waals surface area contributed by atoms with Crippen LogP contribution >= 0.6 is 15.2 Å². The van der Waals surface area contributed by atoms with Crippen molar-refractivity contribution in [3.63, 3.8) is 0 Å². The van der Waals surface area contributed by atoms with E-state index in [9.17, 15) is 28.7 Å². The van der Waals surface area contributed by atoms with E-state index in [1.165, 1.54) is 0 Å². The van der Waals surface area contributed by atoms with Crippen LogP contribution in [0.5, 0.6) is 0 Å². The van der Waals surface area contributed by atoms with Gasteiger partial charge in [0.05, 0.1) is 0 Å². The molecule has 0 aliphatic heterocycles. The van der Waals surface area contributed by atoms with Gasteiger partial charge in [0.2, 0.25) is 0 Å². The second-order valence-electron chi connectivity index (χ2n) is 1.43. The van der Waals surface area contributed by atoms with Gasteiger partial charge in [0, 0.05) is 0 Å². The number of aliphatic hydroxyl groups is 1. The van der Waals surface area contributed by atoms with Gasteiger partial charge in [0.25, 0.3) is 0 Å². The molecule has 0 aromatic carbocycles. The normalized spacial score (nSPS) is 11.8. The Morgan fingerprint density at radius 2 is 1.08 bits per heavy atom. The first-order chi connectivity index (χ1) is 4.15. The van der Waals surface area contributed by atoms with Crippen LogP contribution in [0.3, 0.4) is 0 Å². The fourth-order valence-electron chi connectivity index (χ4n) is 0.173. The van der Waals surface area contributed by atoms with Crippen LogP contribution in [-0.4, -0.2) is 10.7 Å². The first-order valence-corrected chi connectivity index (χ1v) is 5.09. The van der Waals surface area contributed by atoms with Gasteiger partial charge in [-0.3, -0.25) is 0 Å².